The first-order chi connectivity index (χ1) is 6.33. The van der Waals surface area contributed by atoms with Crippen molar-refractivity contribution >= 4 is 6.09 Å². The number of hydroxylamine groups is 1. The lowest BCUT2D eigenvalue weighted by molar-refractivity contribution is 0.100. The number of rotatable bonds is 3. The van der Waals surface area contributed by atoms with Crippen LogP contribution in [0.1, 0.15) is 6.92 Å². The maximum absolute atomic E-state index is 10.7. The molecule has 0 atom stereocenters. The molecular formula is C9H10NO3. The zero-order valence-electron chi connectivity index (χ0n) is 7.27. The predicted molar refractivity (Wildman–Crippen MR) is 46.2 cm³/mol. The van der Waals surface area contributed by atoms with E-state index in [0.717, 1.165) is 0 Å². The fraction of sp³-hybridized carbons (Fsp3) is 0.222. The van der Waals surface area contributed by atoms with E-state index in [-0.39, 0.29) is 0 Å². The first kappa shape index (κ1) is 9.38. The van der Waals surface area contributed by atoms with Crippen molar-refractivity contribution < 1.29 is 14.4 Å². The molecule has 0 aliphatic rings. The molecule has 69 valence electrons. The molecule has 0 N–H and O–H groups in total. The monoisotopic (exact) mass is 180 g/mol. The standard InChI is InChI=1S/C9H10NO3/c1-2-12-9(11)10-13-8-6-4-3-5-7-8/h3-7H,2H2,1H3. The topological polar surface area (TPSA) is 49.6 Å². The molecule has 1 aromatic carbocycles. The maximum atomic E-state index is 10.7. The van der Waals surface area contributed by atoms with Gasteiger partial charge in [-0.2, -0.15) is 0 Å². The largest absolute Gasteiger partial charge is 0.466 e. The number of hydrogen-bond acceptors (Lipinski definition) is 3. The SMILES string of the molecule is CCOC(=O)[N]Oc1ccccc1. The quantitative estimate of drug-likeness (QED) is 0.665. The van der Waals surface area contributed by atoms with Crippen LogP contribution in [0.25, 0.3) is 0 Å². The van der Waals surface area contributed by atoms with Crippen LogP contribution in [-0.2, 0) is 4.74 Å². The number of ether oxygens (including phenoxy) is 1. The Hall–Kier alpha value is -1.71. The van der Waals surface area contributed by atoms with Crippen LogP contribution < -0.4 is 10.3 Å². The highest BCUT2D eigenvalue weighted by Crippen LogP contribution is 2.06. The molecule has 0 aromatic heterocycles. The van der Waals surface area contributed by atoms with Crippen LogP contribution in [0.15, 0.2) is 30.3 Å². The molecule has 0 saturated carbocycles. The van der Waals surface area contributed by atoms with Gasteiger partial charge >= 0.3 is 6.09 Å². The van der Waals surface area contributed by atoms with E-state index in [4.69, 9.17) is 4.84 Å². The van der Waals surface area contributed by atoms with Crippen molar-refractivity contribution in [2.45, 2.75) is 6.92 Å². The molecule has 0 fully saturated rings. The fourth-order valence-electron chi connectivity index (χ4n) is 0.721. The van der Waals surface area contributed by atoms with Crippen LogP contribution in [0.2, 0.25) is 0 Å². The fourth-order valence-corrected chi connectivity index (χ4v) is 0.721. The second-order valence-electron chi connectivity index (χ2n) is 2.19. The molecule has 0 aliphatic heterocycles. The van der Waals surface area contributed by atoms with Crippen LogP contribution in [-0.4, -0.2) is 12.7 Å². The third-order valence-electron chi connectivity index (χ3n) is 1.24. The van der Waals surface area contributed by atoms with Gasteiger partial charge in [-0.15, -0.1) is 0 Å². The van der Waals surface area contributed by atoms with E-state index in [1.165, 1.54) is 0 Å². The van der Waals surface area contributed by atoms with Crippen molar-refractivity contribution in [2.24, 2.45) is 0 Å². The molecule has 0 spiro atoms. The Bertz CT molecular complexity index is 261. The van der Waals surface area contributed by atoms with E-state index >= 15 is 0 Å². The minimum atomic E-state index is -0.716. The van der Waals surface area contributed by atoms with Crippen LogP contribution >= 0.6 is 0 Å². The molecule has 1 rings (SSSR count). The van der Waals surface area contributed by atoms with Crippen molar-refractivity contribution in [1.82, 2.24) is 5.48 Å². The summed E-state index contributed by atoms with van der Waals surface area (Å²) in [7, 11) is 0. The summed E-state index contributed by atoms with van der Waals surface area (Å²) in [6, 6.07) is 8.81. The van der Waals surface area contributed by atoms with Gasteiger partial charge in [-0.25, -0.2) is 4.79 Å². The highest BCUT2D eigenvalue weighted by Gasteiger charge is 2.03. The van der Waals surface area contributed by atoms with E-state index in [2.05, 4.69) is 10.2 Å². The molecule has 1 amide bonds. The van der Waals surface area contributed by atoms with Gasteiger partial charge in [-0.05, 0) is 19.1 Å². The van der Waals surface area contributed by atoms with E-state index < -0.39 is 6.09 Å². The van der Waals surface area contributed by atoms with Gasteiger partial charge in [0.1, 0.15) is 0 Å². The molecular weight excluding hydrogens is 170 g/mol. The van der Waals surface area contributed by atoms with Gasteiger partial charge in [-0.1, -0.05) is 18.2 Å². The number of carbonyl (C=O) groups is 1. The van der Waals surface area contributed by atoms with Gasteiger partial charge in [-0.3, -0.25) is 0 Å². The Kier molecular flexibility index (Phi) is 3.63. The predicted octanol–water partition coefficient (Wildman–Crippen LogP) is 1.74. The van der Waals surface area contributed by atoms with Crippen LogP contribution in [0.5, 0.6) is 5.75 Å². The lowest BCUT2D eigenvalue weighted by Crippen LogP contribution is -2.20. The van der Waals surface area contributed by atoms with Gasteiger partial charge < -0.3 is 9.57 Å². The molecule has 0 bridgehead atoms. The molecule has 13 heavy (non-hydrogen) atoms. The minimum absolute atomic E-state index is 0.292. The summed E-state index contributed by atoms with van der Waals surface area (Å²) in [5, 5.41) is 0. The molecule has 0 saturated heterocycles. The molecule has 0 heterocycles. The van der Waals surface area contributed by atoms with E-state index in [0.29, 0.717) is 12.4 Å². The third-order valence-corrected chi connectivity index (χ3v) is 1.24. The summed E-state index contributed by atoms with van der Waals surface area (Å²) in [5.41, 5.74) is 3.22. The number of benzene rings is 1. The third kappa shape index (κ3) is 3.46. The average molecular weight is 180 g/mol. The Morgan fingerprint density at radius 3 is 2.69 bits per heavy atom. The average Bonchev–Trinajstić information content (AvgIpc) is 2.17. The minimum Gasteiger partial charge on any atom is -0.446 e. The first-order valence-corrected chi connectivity index (χ1v) is 3.93. The Morgan fingerprint density at radius 2 is 2.08 bits per heavy atom. The van der Waals surface area contributed by atoms with Gasteiger partial charge in [0, 0.05) is 5.48 Å². The molecule has 0 aliphatic carbocycles. The van der Waals surface area contributed by atoms with E-state index in [1.54, 1.807) is 31.2 Å². The lowest BCUT2D eigenvalue weighted by atomic mass is 10.3. The smallest absolute Gasteiger partial charge is 0.446 e. The molecule has 0 unspecified atom stereocenters. The van der Waals surface area contributed by atoms with Crippen molar-refractivity contribution in [3.63, 3.8) is 0 Å². The molecule has 4 heteroatoms. The van der Waals surface area contributed by atoms with Crippen LogP contribution in [0.3, 0.4) is 0 Å². The zero-order valence-corrected chi connectivity index (χ0v) is 7.27. The van der Waals surface area contributed by atoms with Gasteiger partial charge in [0.25, 0.3) is 0 Å². The molecule has 1 aromatic rings. The zero-order chi connectivity index (χ0) is 9.52. The lowest BCUT2D eigenvalue weighted by Gasteiger charge is -2.01. The first-order valence-electron chi connectivity index (χ1n) is 3.93. The summed E-state index contributed by atoms with van der Waals surface area (Å²) in [5.74, 6) is 0.510. The van der Waals surface area contributed by atoms with Crippen LogP contribution in [0, 0.1) is 0 Å². The summed E-state index contributed by atoms with van der Waals surface area (Å²) >= 11 is 0. The number of nitrogens with zero attached hydrogens (tertiary/aromatic N) is 1. The van der Waals surface area contributed by atoms with Crippen molar-refractivity contribution in [3.8, 4) is 5.75 Å². The van der Waals surface area contributed by atoms with Gasteiger partial charge in [0.05, 0.1) is 6.61 Å². The Balaban J connectivity index is 2.31. The summed E-state index contributed by atoms with van der Waals surface area (Å²) < 4.78 is 4.53. The number of carbonyl (C=O) groups excluding carboxylic acids is 1. The summed E-state index contributed by atoms with van der Waals surface area (Å²) in [6.45, 7) is 2.00. The number of hydrogen-bond donors (Lipinski definition) is 0. The van der Waals surface area contributed by atoms with E-state index in [1.807, 2.05) is 6.07 Å². The Labute approximate surface area is 76.4 Å². The Morgan fingerprint density at radius 1 is 1.38 bits per heavy atom. The molecule has 1 radical (unpaired) electrons. The van der Waals surface area contributed by atoms with Crippen LogP contribution in [0.4, 0.5) is 4.79 Å². The summed E-state index contributed by atoms with van der Waals surface area (Å²) in [4.78, 5) is 15.5. The van der Waals surface area contributed by atoms with Gasteiger partial charge in [0.2, 0.25) is 0 Å². The second kappa shape index (κ2) is 5.03. The maximum Gasteiger partial charge on any atom is 0.466 e. The molecule has 4 nitrogen and oxygen atoms in total. The number of amides is 1. The normalized spacial score (nSPS) is 9.00. The highest BCUT2D eigenvalue weighted by molar-refractivity contribution is 5.65. The van der Waals surface area contributed by atoms with Gasteiger partial charge in [0.15, 0.2) is 5.75 Å². The number of para-hydroxylation sites is 1. The van der Waals surface area contributed by atoms with Crippen molar-refractivity contribution in [1.29, 1.82) is 0 Å². The van der Waals surface area contributed by atoms with Crippen molar-refractivity contribution in [3.05, 3.63) is 30.3 Å². The van der Waals surface area contributed by atoms with E-state index in [9.17, 15) is 4.79 Å². The van der Waals surface area contributed by atoms with Crippen molar-refractivity contribution in [2.75, 3.05) is 6.61 Å². The highest BCUT2D eigenvalue weighted by atomic mass is 16.7. The second-order valence-corrected chi connectivity index (χ2v) is 2.19. The summed E-state index contributed by atoms with van der Waals surface area (Å²) in [6.07, 6.45) is -0.716.